The fourth-order valence-corrected chi connectivity index (χ4v) is 7.62. The lowest BCUT2D eigenvalue weighted by Crippen LogP contribution is -2.23. The summed E-state index contributed by atoms with van der Waals surface area (Å²) in [5.74, 6) is 0. The molecule has 2 fully saturated rings. The van der Waals surface area contributed by atoms with E-state index >= 15 is 0 Å². The lowest BCUT2D eigenvalue weighted by Gasteiger charge is -2.26. The Kier molecular flexibility index (Phi) is 3.48. The summed E-state index contributed by atoms with van der Waals surface area (Å²) in [6, 6.07) is 1.56. The van der Waals surface area contributed by atoms with Crippen LogP contribution in [-0.2, 0) is 0 Å². The maximum absolute atomic E-state index is 2.46. The van der Waals surface area contributed by atoms with Crippen LogP contribution in [0.1, 0.15) is 58.3 Å². The number of hydrogen-bond donors (Lipinski definition) is 0. The fourth-order valence-electron chi connectivity index (χ4n) is 3.50. The highest BCUT2D eigenvalue weighted by molar-refractivity contribution is 6.62. The molecule has 1 radical (unpaired) electrons. The van der Waals surface area contributed by atoms with Crippen molar-refractivity contribution >= 4 is 8.80 Å². The average molecular weight is 195 g/mol. The Bertz CT molecular complexity index is 127. The van der Waals surface area contributed by atoms with E-state index in [1.54, 1.807) is 57.4 Å². The third-order valence-electron chi connectivity index (χ3n) is 4.17. The molecule has 0 bridgehead atoms. The molecule has 0 aliphatic heterocycles. The molecule has 0 nitrogen and oxygen atoms in total. The van der Waals surface area contributed by atoms with E-state index in [0.29, 0.717) is 0 Å². The largest absolute Gasteiger partial charge is 0.0680 e. The minimum Gasteiger partial charge on any atom is -0.0680 e. The van der Waals surface area contributed by atoms with Crippen LogP contribution in [0.2, 0.25) is 17.1 Å². The molecular weight excluding hydrogens is 172 g/mol. The van der Waals surface area contributed by atoms with Gasteiger partial charge in [-0.2, -0.15) is 0 Å². The predicted molar refractivity (Wildman–Crippen MR) is 60.7 cm³/mol. The minimum absolute atomic E-state index is 0.0607. The smallest absolute Gasteiger partial charge is 0.0542 e. The molecular formula is C12H23Si. The van der Waals surface area contributed by atoms with Crippen LogP contribution in [0.15, 0.2) is 0 Å². The Hall–Kier alpha value is 0.217. The van der Waals surface area contributed by atoms with E-state index < -0.39 is 0 Å². The second-order valence-electron chi connectivity index (χ2n) is 4.89. The normalized spacial score (nSPS) is 26.3. The number of hydrogen-bond acceptors (Lipinski definition) is 0. The van der Waals surface area contributed by atoms with Gasteiger partial charge in [-0.15, -0.1) is 0 Å². The van der Waals surface area contributed by atoms with Gasteiger partial charge in [-0.1, -0.05) is 64.3 Å². The monoisotopic (exact) mass is 195 g/mol. The quantitative estimate of drug-likeness (QED) is 0.586. The first-order chi connectivity index (χ1) is 6.42. The van der Waals surface area contributed by atoms with Gasteiger partial charge in [0.05, 0.1) is 8.80 Å². The zero-order valence-electron chi connectivity index (χ0n) is 9.02. The van der Waals surface area contributed by atoms with Gasteiger partial charge in [-0.05, 0) is 11.1 Å². The van der Waals surface area contributed by atoms with E-state index in [-0.39, 0.29) is 8.80 Å². The van der Waals surface area contributed by atoms with E-state index in [2.05, 4.69) is 6.92 Å². The van der Waals surface area contributed by atoms with Crippen molar-refractivity contribution < 1.29 is 0 Å². The van der Waals surface area contributed by atoms with E-state index in [4.69, 9.17) is 0 Å². The molecule has 2 saturated carbocycles. The Labute approximate surface area is 84.7 Å². The Morgan fingerprint density at radius 2 is 1.23 bits per heavy atom. The molecule has 0 atom stereocenters. The van der Waals surface area contributed by atoms with Gasteiger partial charge < -0.3 is 0 Å². The van der Waals surface area contributed by atoms with Gasteiger partial charge in [0, 0.05) is 0 Å². The summed E-state index contributed by atoms with van der Waals surface area (Å²) in [4.78, 5) is 0. The molecule has 0 aromatic rings. The molecule has 2 rings (SSSR count). The average Bonchev–Trinajstić information content (AvgIpc) is 2.76. The van der Waals surface area contributed by atoms with Gasteiger partial charge in [0.25, 0.3) is 0 Å². The summed E-state index contributed by atoms with van der Waals surface area (Å²) in [5, 5.41) is 0. The molecule has 0 aromatic carbocycles. The van der Waals surface area contributed by atoms with Crippen molar-refractivity contribution in [3.63, 3.8) is 0 Å². The van der Waals surface area contributed by atoms with Crippen LogP contribution in [0.3, 0.4) is 0 Å². The van der Waals surface area contributed by atoms with Crippen molar-refractivity contribution in [3.05, 3.63) is 0 Å². The molecule has 0 amide bonds. The lowest BCUT2D eigenvalue weighted by atomic mass is 10.3. The van der Waals surface area contributed by atoms with Crippen LogP contribution in [0.5, 0.6) is 0 Å². The predicted octanol–water partition coefficient (Wildman–Crippen LogP) is 4.39. The van der Waals surface area contributed by atoms with Crippen molar-refractivity contribution in [2.24, 2.45) is 0 Å². The van der Waals surface area contributed by atoms with Crippen LogP contribution in [0.25, 0.3) is 0 Å². The van der Waals surface area contributed by atoms with Gasteiger partial charge in [0.1, 0.15) is 0 Å². The third kappa shape index (κ3) is 2.17. The van der Waals surface area contributed by atoms with Gasteiger partial charge in [-0.3, -0.25) is 0 Å². The molecule has 2 aliphatic rings. The first kappa shape index (κ1) is 9.76. The van der Waals surface area contributed by atoms with Crippen molar-refractivity contribution in [1.29, 1.82) is 0 Å². The molecule has 13 heavy (non-hydrogen) atoms. The van der Waals surface area contributed by atoms with Crippen molar-refractivity contribution in [3.8, 4) is 0 Å². The molecule has 75 valence electrons. The van der Waals surface area contributed by atoms with Crippen LogP contribution >= 0.6 is 0 Å². The van der Waals surface area contributed by atoms with Crippen LogP contribution < -0.4 is 0 Å². The second kappa shape index (κ2) is 4.63. The second-order valence-corrected chi connectivity index (χ2v) is 8.38. The van der Waals surface area contributed by atoms with Crippen molar-refractivity contribution in [2.45, 2.75) is 75.4 Å². The van der Waals surface area contributed by atoms with Gasteiger partial charge in [-0.25, -0.2) is 0 Å². The molecule has 0 spiro atoms. The maximum Gasteiger partial charge on any atom is 0.0542 e. The highest BCUT2D eigenvalue weighted by Crippen LogP contribution is 2.44. The topological polar surface area (TPSA) is 0 Å². The molecule has 0 unspecified atom stereocenters. The highest BCUT2D eigenvalue weighted by Gasteiger charge is 2.32. The van der Waals surface area contributed by atoms with Crippen LogP contribution in [0, 0.1) is 0 Å². The SMILES string of the molecule is CC[Si](C1CCCC1)C1CCCC1. The molecule has 0 saturated heterocycles. The van der Waals surface area contributed by atoms with E-state index in [0.717, 1.165) is 0 Å². The van der Waals surface area contributed by atoms with Gasteiger partial charge in [0.15, 0.2) is 0 Å². The van der Waals surface area contributed by atoms with E-state index in [1.165, 1.54) is 11.1 Å². The molecule has 0 aromatic heterocycles. The van der Waals surface area contributed by atoms with Crippen molar-refractivity contribution in [1.82, 2.24) is 0 Å². The molecule has 2 aliphatic carbocycles. The molecule has 1 heteroatoms. The summed E-state index contributed by atoms with van der Waals surface area (Å²) in [6.07, 6.45) is 12.6. The summed E-state index contributed by atoms with van der Waals surface area (Å²) in [6.45, 7) is 2.46. The minimum atomic E-state index is 0.0607. The summed E-state index contributed by atoms with van der Waals surface area (Å²) >= 11 is 0. The van der Waals surface area contributed by atoms with Crippen LogP contribution in [-0.4, -0.2) is 8.80 Å². The summed E-state index contributed by atoms with van der Waals surface area (Å²) in [5.41, 5.74) is 2.44. The van der Waals surface area contributed by atoms with E-state index in [1.807, 2.05) is 0 Å². The van der Waals surface area contributed by atoms with E-state index in [9.17, 15) is 0 Å². The number of rotatable bonds is 3. The van der Waals surface area contributed by atoms with Crippen molar-refractivity contribution in [2.75, 3.05) is 0 Å². The van der Waals surface area contributed by atoms with Gasteiger partial charge in [0.2, 0.25) is 0 Å². The first-order valence-electron chi connectivity index (χ1n) is 6.27. The Morgan fingerprint density at radius 3 is 1.54 bits per heavy atom. The Morgan fingerprint density at radius 1 is 0.846 bits per heavy atom. The third-order valence-corrected chi connectivity index (χ3v) is 8.24. The summed E-state index contributed by atoms with van der Waals surface area (Å²) in [7, 11) is 0.0607. The zero-order valence-corrected chi connectivity index (χ0v) is 10.0. The van der Waals surface area contributed by atoms with Gasteiger partial charge >= 0.3 is 0 Å². The first-order valence-corrected chi connectivity index (χ1v) is 8.13. The Balaban J connectivity index is 1.90. The maximum atomic E-state index is 2.46. The molecule has 0 N–H and O–H groups in total. The zero-order chi connectivity index (χ0) is 9.10. The molecule has 0 heterocycles. The standard InChI is InChI=1S/C12H23Si/c1-2-13(11-7-3-4-8-11)12-9-5-6-10-12/h11-12H,2-10H2,1H3. The fraction of sp³-hybridized carbons (Fsp3) is 1.00. The highest BCUT2D eigenvalue weighted by atomic mass is 28.3. The lowest BCUT2D eigenvalue weighted by molar-refractivity contribution is 0.766. The van der Waals surface area contributed by atoms with Crippen LogP contribution in [0.4, 0.5) is 0 Å². The summed E-state index contributed by atoms with van der Waals surface area (Å²) < 4.78 is 0.